The van der Waals surface area contributed by atoms with Gasteiger partial charge in [-0.25, -0.2) is 0 Å². The number of carboxylic acids is 2. The van der Waals surface area contributed by atoms with Crippen LogP contribution in [0.3, 0.4) is 0 Å². The normalized spacial score (nSPS) is 12.1. The van der Waals surface area contributed by atoms with Crippen LogP contribution in [0, 0.1) is 11.8 Å². The van der Waals surface area contributed by atoms with Gasteiger partial charge in [0.05, 0.1) is 11.8 Å². The monoisotopic (exact) mass is 424 g/mol. The van der Waals surface area contributed by atoms with Gasteiger partial charge < -0.3 is 27.0 Å². The largest absolute Gasteiger partial charge is 0.679 e. The Balaban J connectivity index is -0.000000137. The summed E-state index contributed by atoms with van der Waals surface area (Å²) in [6.45, 7) is 12.2. The minimum Gasteiger partial charge on any atom is -0.679 e. The van der Waals surface area contributed by atoms with Gasteiger partial charge in [-0.05, 0) is 25.7 Å². The van der Waals surface area contributed by atoms with Crippen molar-refractivity contribution in [3.63, 3.8) is 0 Å². The molecule has 0 spiro atoms. The minimum absolute atomic E-state index is 0. The predicted octanol–water partition coefficient (Wildman–Crippen LogP) is 5.25. The molecule has 0 fully saturated rings. The molecule has 4 N–H and O–H groups in total. The van der Waals surface area contributed by atoms with Gasteiger partial charge in [0, 0.05) is 19.5 Å². The van der Waals surface area contributed by atoms with E-state index in [1.807, 2.05) is 34.6 Å². The van der Waals surface area contributed by atoms with E-state index in [0.29, 0.717) is 13.1 Å². The van der Waals surface area contributed by atoms with Crippen molar-refractivity contribution in [1.82, 2.24) is 0 Å². The summed E-state index contributed by atoms with van der Waals surface area (Å²) >= 11 is 0. The van der Waals surface area contributed by atoms with Crippen LogP contribution in [0.25, 0.3) is 16.8 Å². The molecule has 0 amide bonds. The average molecular weight is 426 g/mol. The summed E-state index contributed by atoms with van der Waals surface area (Å²) in [6.07, 6.45) is 2.97. The van der Waals surface area contributed by atoms with Crippen molar-refractivity contribution in [3.8, 4) is 0 Å². The number of hydrogen-bond donors (Lipinski definition) is 2. The molecule has 0 aliphatic rings. The zero-order valence-corrected chi connectivity index (χ0v) is 20.4. The minimum atomic E-state index is -0.671. The summed E-state index contributed by atoms with van der Waals surface area (Å²) in [7, 11) is 0. The molecule has 0 aromatic heterocycles. The Morgan fingerprint density at radius 2 is 1.19 bits per heavy atom. The summed E-state index contributed by atoms with van der Waals surface area (Å²) < 4.78 is 0. The summed E-state index contributed by atoms with van der Waals surface area (Å²) in [5, 5.41) is 20.8. The Morgan fingerprint density at radius 1 is 0.885 bits per heavy atom. The van der Waals surface area contributed by atoms with E-state index in [1.165, 1.54) is 0 Å². The van der Waals surface area contributed by atoms with E-state index in [1.54, 1.807) is 6.92 Å². The first-order valence-electron chi connectivity index (χ1n) is 9.08. The molecule has 0 aromatic carbocycles. The maximum atomic E-state index is 10.2. The molecule has 0 aliphatic carbocycles. The van der Waals surface area contributed by atoms with Crippen LogP contribution in [0.15, 0.2) is 0 Å². The predicted molar refractivity (Wildman–Crippen MR) is 104 cm³/mol. The van der Waals surface area contributed by atoms with Gasteiger partial charge in [0.15, 0.2) is 0 Å². The van der Waals surface area contributed by atoms with Crippen LogP contribution in [0.2, 0.25) is 0 Å². The molecular weight excluding hydrogens is 388 g/mol. The molecule has 0 bridgehead atoms. The molecule has 0 saturated heterocycles. The summed E-state index contributed by atoms with van der Waals surface area (Å²) in [6, 6.07) is -0.00296. The number of nitrogens with one attached hydrogen (secondary N) is 2. The van der Waals surface area contributed by atoms with Crippen LogP contribution in [0.1, 0.15) is 67.2 Å². The van der Waals surface area contributed by atoms with E-state index in [0.717, 1.165) is 25.7 Å². The molecule has 0 radical (unpaired) electrons. The molecule has 2 atom stereocenters. The van der Waals surface area contributed by atoms with Crippen LogP contribution in [0.5, 0.6) is 0 Å². The molecule has 8 heteroatoms. The Bertz CT molecular complexity index is 302. The molecule has 0 aromatic rings. The zero-order chi connectivity index (χ0) is 20.4. The summed E-state index contributed by atoms with van der Waals surface area (Å²) in [4.78, 5) is 20.3. The maximum absolute atomic E-state index is 10.2. The number of carboxylic acid groups (broad SMARTS) is 2. The second-order valence-corrected chi connectivity index (χ2v) is 6.02. The zero-order valence-electron chi connectivity index (χ0n) is 17.4. The third-order valence-electron chi connectivity index (χ3n) is 3.66. The molecule has 0 aliphatic heterocycles. The fourth-order valence-electron chi connectivity index (χ4n) is 1.68. The second kappa shape index (κ2) is 22.5. The Kier molecular flexibility index (Phi) is 28.6. The molecule has 2 unspecified atom stereocenters. The number of nitrogens with zero attached hydrogens (tertiary/aromatic N) is 1. The van der Waals surface area contributed by atoms with E-state index in [4.69, 9.17) is 21.7 Å². The third-order valence-corrected chi connectivity index (χ3v) is 3.66. The molecular formula is C18H38N3O4Zn-3. The van der Waals surface area contributed by atoms with Crippen molar-refractivity contribution in [1.29, 1.82) is 0 Å². The van der Waals surface area contributed by atoms with E-state index in [9.17, 15) is 9.59 Å². The van der Waals surface area contributed by atoms with Crippen molar-refractivity contribution in [2.45, 2.75) is 79.3 Å². The van der Waals surface area contributed by atoms with Crippen LogP contribution in [-0.4, -0.2) is 47.3 Å². The van der Waals surface area contributed by atoms with Gasteiger partial charge in [0.1, 0.15) is 0 Å². The topological polar surface area (TPSA) is 136 Å². The van der Waals surface area contributed by atoms with Crippen molar-refractivity contribution in [3.05, 3.63) is 16.8 Å². The van der Waals surface area contributed by atoms with Gasteiger partial charge in [0.2, 0.25) is 0 Å². The molecule has 26 heavy (non-hydrogen) atoms. The smallest absolute Gasteiger partial charge is 0.306 e. The van der Waals surface area contributed by atoms with Gasteiger partial charge in [-0.2, -0.15) is 25.2 Å². The summed E-state index contributed by atoms with van der Waals surface area (Å²) in [5.74, 6) is -1.60. The van der Waals surface area contributed by atoms with Gasteiger partial charge in [-0.1, -0.05) is 41.5 Å². The van der Waals surface area contributed by atoms with Crippen molar-refractivity contribution in [2.75, 3.05) is 13.1 Å². The fraction of sp³-hybridized carbons (Fsp3) is 0.889. The van der Waals surface area contributed by atoms with Crippen LogP contribution in [0.4, 0.5) is 0 Å². The Labute approximate surface area is 172 Å². The molecule has 0 heterocycles. The van der Waals surface area contributed by atoms with Gasteiger partial charge in [-0.3, -0.25) is 9.59 Å². The van der Waals surface area contributed by atoms with Gasteiger partial charge in [0.25, 0.3) is 0 Å². The van der Waals surface area contributed by atoms with E-state index >= 15 is 0 Å². The van der Waals surface area contributed by atoms with Crippen molar-refractivity contribution < 1.29 is 39.3 Å². The number of carbonyl (C=O) groups is 2. The first kappa shape index (κ1) is 33.1. The Hall–Kier alpha value is -0.557. The van der Waals surface area contributed by atoms with E-state index < -0.39 is 11.9 Å². The second-order valence-electron chi connectivity index (χ2n) is 6.02. The molecule has 7 nitrogen and oxygen atoms in total. The fourth-order valence-corrected chi connectivity index (χ4v) is 1.68. The average Bonchev–Trinajstić information content (AvgIpc) is 2.55. The van der Waals surface area contributed by atoms with Crippen LogP contribution < -0.4 is 0 Å². The molecule has 0 rings (SSSR count). The molecule has 154 valence electrons. The van der Waals surface area contributed by atoms with Crippen molar-refractivity contribution >= 4 is 11.9 Å². The molecule has 0 saturated carbocycles. The third kappa shape index (κ3) is 23.4. The number of hydrogen-bond acceptors (Lipinski definition) is 2. The van der Waals surface area contributed by atoms with E-state index in [2.05, 4.69) is 5.32 Å². The van der Waals surface area contributed by atoms with Crippen molar-refractivity contribution in [2.24, 2.45) is 11.8 Å². The number of aliphatic carboxylic acids is 2. The van der Waals surface area contributed by atoms with Crippen LogP contribution in [-0.2, 0) is 29.1 Å². The Morgan fingerprint density at radius 3 is 1.31 bits per heavy atom. The van der Waals surface area contributed by atoms with E-state index in [-0.39, 0.29) is 43.4 Å². The van der Waals surface area contributed by atoms with Crippen LogP contribution >= 0.6 is 0 Å². The van der Waals surface area contributed by atoms with Gasteiger partial charge >= 0.3 is 11.9 Å². The van der Waals surface area contributed by atoms with Gasteiger partial charge in [-0.15, -0.1) is 0 Å². The summed E-state index contributed by atoms with van der Waals surface area (Å²) in [5.41, 5.74) is 14.0. The SMILES string of the molecule is CC([NH-])C[N-]C(C)C[NH-].CCC(CC)C(=O)O.CCC(CC)C(=O)O.[Zn]. The first-order chi connectivity index (χ1) is 11.6. The quantitative estimate of drug-likeness (QED) is 0.461. The first-order valence-corrected chi connectivity index (χ1v) is 9.08. The standard InChI is InChI=1S/C6H14N3.2C6H12O2.Zn/c1-5(8)4-9-6(2)3-7;2*1-3-5(4-2)6(7)8;/h5-8H,3-4H2,1-2H3;2*5H,3-4H2,1-2H3,(H,7,8);/q-3;;;. The maximum Gasteiger partial charge on any atom is 0.306 e. The number of rotatable bonds is 10.